The fourth-order valence-corrected chi connectivity index (χ4v) is 0. The molecule has 0 aromatic carbocycles. The molecule has 13 heteroatoms. The van der Waals surface area contributed by atoms with Gasteiger partial charge < -0.3 is 38.5 Å². The molecule has 13 heavy (non-hydrogen) atoms. The van der Waals surface area contributed by atoms with Crippen molar-refractivity contribution in [3.05, 3.63) is 0 Å². The molecule has 0 rings (SSSR count). The van der Waals surface area contributed by atoms with Crippen molar-refractivity contribution in [1.29, 1.82) is 0 Å². The van der Waals surface area contributed by atoms with E-state index in [4.69, 9.17) is 38.5 Å². The van der Waals surface area contributed by atoms with E-state index in [1.807, 2.05) is 0 Å². The number of phosphoric acid groups is 2. The van der Waals surface area contributed by atoms with Gasteiger partial charge in [-0.15, -0.1) is 0 Å². The summed E-state index contributed by atoms with van der Waals surface area (Å²) in [6.07, 6.45) is 0. The van der Waals surface area contributed by atoms with Gasteiger partial charge in [0.2, 0.25) is 0 Å². The first-order valence-corrected chi connectivity index (χ1v) is 4.38. The first kappa shape index (κ1) is 29.4. The Morgan fingerprint density at radius 1 is 0.692 bits per heavy atom. The Kier molecular flexibility index (Phi) is 27.1. The van der Waals surface area contributed by atoms with Crippen molar-refractivity contribution in [3.63, 3.8) is 0 Å². The van der Waals surface area contributed by atoms with Gasteiger partial charge in [0.25, 0.3) is 0 Å². The Labute approximate surface area is 108 Å². The third kappa shape index (κ3) is 542. The van der Waals surface area contributed by atoms with Crippen molar-refractivity contribution in [2.24, 2.45) is 0 Å². The number of hydrogen-bond acceptors (Lipinski definition) is 8. The van der Waals surface area contributed by atoms with Crippen molar-refractivity contribution in [2.45, 2.75) is 0 Å². The molecular formula is CoLiO8P2V-3. The van der Waals surface area contributed by atoms with Crippen LogP contribution in [0.4, 0.5) is 0 Å². The Morgan fingerprint density at radius 2 is 0.692 bits per heavy atom. The first-order chi connectivity index (χ1) is 4.00. The summed E-state index contributed by atoms with van der Waals surface area (Å²) in [5.41, 5.74) is 0. The van der Waals surface area contributed by atoms with Crippen molar-refractivity contribution in [3.8, 4) is 0 Å². The molecule has 0 fully saturated rings. The molecule has 0 aromatic rings. The molecule has 0 aliphatic carbocycles. The Hall–Kier alpha value is 1.91. The second kappa shape index (κ2) is 12.0. The van der Waals surface area contributed by atoms with E-state index in [9.17, 15) is 0 Å². The molecule has 0 unspecified atom stereocenters. The van der Waals surface area contributed by atoms with Crippen molar-refractivity contribution >= 4 is 15.6 Å². The SMILES string of the molecule is O=P([O-])([O-])[O-].O=P([O-])([O-])[O-].[Co+2].[Li+].[V]. The topological polar surface area (TPSA) is 172 Å². The second-order valence-corrected chi connectivity index (χ2v) is 2.68. The zero-order chi connectivity index (χ0) is 9.00. The normalized spacial score (nSPS) is 9.08. The number of hydrogen-bond donors (Lipinski definition) is 0. The first-order valence-electron chi connectivity index (χ1n) is 1.46. The molecule has 0 heterocycles. The molecule has 0 aromatic heterocycles. The monoisotopic (exact) mass is 307 g/mol. The Bertz CT molecular complexity index is 134. The quantitative estimate of drug-likeness (QED) is 0.313. The minimum atomic E-state index is -5.39. The van der Waals surface area contributed by atoms with Gasteiger partial charge >= 0.3 is 35.6 Å². The van der Waals surface area contributed by atoms with Crippen LogP contribution in [0, 0.1) is 0 Å². The molecular weight excluding hydrogens is 307 g/mol. The van der Waals surface area contributed by atoms with Gasteiger partial charge in [-0.3, -0.25) is 0 Å². The van der Waals surface area contributed by atoms with Gasteiger partial charge in [0, 0.05) is 18.6 Å². The second-order valence-electron chi connectivity index (χ2n) is 0.894. The van der Waals surface area contributed by atoms with Crippen LogP contribution in [0.3, 0.4) is 0 Å². The van der Waals surface area contributed by atoms with Crippen LogP contribution >= 0.6 is 15.6 Å². The molecule has 0 spiro atoms. The fourth-order valence-electron chi connectivity index (χ4n) is 0. The van der Waals surface area contributed by atoms with E-state index in [-0.39, 0.29) is 54.2 Å². The van der Waals surface area contributed by atoms with E-state index in [1.165, 1.54) is 0 Å². The van der Waals surface area contributed by atoms with E-state index in [0.717, 1.165) is 0 Å². The molecule has 0 atom stereocenters. The van der Waals surface area contributed by atoms with Gasteiger partial charge in [-0.05, 0) is 0 Å². The zero-order valence-corrected chi connectivity index (χ0v) is 10.2. The third-order valence-corrected chi connectivity index (χ3v) is 0. The van der Waals surface area contributed by atoms with Crippen LogP contribution in [-0.4, -0.2) is 0 Å². The summed E-state index contributed by atoms with van der Waals surface area (Å²) in [7, 11) is -10.8. The molecule has 0 bridgehead atoms. The van der Waals surface area contributed by atoms with Crippen LogP contribution in [0.25, 0.3) is 0 Å². The van der Waals surface area contributed by atoms with Crippen molar-refractivity contribution in [2.75, 3.05) is 0 Å². The van der Waals surface area contributed by atoms with E-state index in [2.05, 4.69) is 0 Å². The molecule has 76 valence electrons. The van der Waals surface area contributed by atoms with E-state index in [1.54, 1.807) is 0 Å². The maximum absolute atomic E-state index is 8.55. The van der Waals surface area contributed by atoms with Crippen LogP contribution in [0.5, 0.6) is 0 Å². The summed E-state index contributed by atoms with van der Waals surface area (Å²) in [5.74, 6) is 0. The summed E-state index contributed by atoms with van der Waals surface area (Å²) in [6.45, 7) is 0. The maximum atomic E-state index is 8.55. The van der Waals surface area contributed by atoms with Crippen LogP contribution in [0.1, 0.15) is 0 Å². The fraction of sp³-hybridized carbons (Fsp3) is 0. The Morgan fingerprint density at radius 3 is 0.692 bits per heavy atom. The minimum Gasteiger partial charge on any atom is -0.822 e. The average molecular weight is 307 g/mol. The summed E-state index contributed by atoms with van der Waals surface area (Å²) >= 11 is 0. The third-order valence-electron chi connectivity index (χ3n) is 0. The molecule has 0 N–H and O–H groups in total. The van der Waals surface area contributed by atoms with Gasteiger partial charge in [-0.1, -0.05) is 0 Å². The van der Waals surface area contributed by atoms with Crippen molar-refractivity contribution < 1.29 is 92.7 Å². The summed E-state index contributed by atoms with van der Waals surface area (Å²) in [5, 5.41) is 0. The van der Waals surface area contributed by atoms with Crippen LogP contribution in [0.2, 0.25) is 0 Å². The van der Waals surface area contributed by atoms with Crippen LogP contribution in [-0.2, 0) is 44.5 Å². The van der Waals surface area contributed by atoms with Gasteiger partial charge in [-0.2, -0.15) is 15.6 Å². The smallest absolute Gasteiger partial charge is 0.822 e. The molecule has 8 nitrogen and oxygen atoms in total. The predicted molar refractivity (Wildman–Crippen MR) is 15.2 cm³/mol. The molecule has 0 aliphatic rings. The summed E-state index contributed by atoms with van der Waals surface area (Å²) < 4.78 is 17.1. The summed E-state index contributed by atoms with van der Waals surface area (Å²) in [6, 6.07) is 0. The molecule has 0 saturated heterocycles. The minimum absolute atomic E-state index is 0. The van der Waals surface area contributed by atoms with Gasteiger partial charge in [0.05, 0.1) is 0 Å². The maximum Gasteiger partial charge on any atom is 2.00 e. The van der Waals surface area contributed by atoms with Gasteiger partial charge in [0.15, 0.2) is 0 Å². The zero-order valence-electron chi connectivity index (χ0n) is 5.94. The van der Waals surface area contributed by atoms with Crippen LogP contribution < -0.4 is 48.2 Å². The molecule has 0 saturated carbocycles. The number of rotatable bonds is 0. The van der Waals surface area contributed by atoms with E-state index in [0.29, 0.717) is 0 Å². The van der Waals surface area contributed by atoms with E-state index < -0.39 is 15.6 Å². The average Bonchev–Trinajstić information content (AvgIpc) is 1.12. The largest absolute Gasteiger partial charge is 2.00 e. The van der Waals surface area contributed by atoms with E-state index >= 15 is 0 Å². The van der Waals surface area contributed by atoms with Crippen LogP contribution in [0.15, 0.2) is 0 Å². The van der Waals surface area contributed by atoms with Gasteiger partial charge in [0.1, 0.15) is 0 Å². The summed E-state index contributed by atoms with van der Waals surface area (Å²) in [4.78, 5) is 51.3. The molecule has 2 radical (unpaired) electrons. The van der Waals surface area contributed by atoms with Gasteiger partial charge in [-0.25, -0.2) is 0 Å². The molecule has 0 aliphatic heterocycles. The van der Waals surface area contributed by atoms with Crippen molar-refractivity contribution in [1.82, 2.24) is 0 Å². The molecule has 0 amide bonds. The Balaban J connectivity index is -0.0000000267. The predicted octanol–water partition coefficient (Wildman–Crippen LogP) is -8.65. The standard InChI is InChI=1S/Co.Li.2H3O4P.V/c;;2*1-5(2,3)4;/h;;2*(H3,1,2,3,4);/q+2;+1;;;/p-6.